The van der Waals surface area contributed by atoms with Crippen molar-refractivity contribution in [3.8, 4) is 0 Å². The van der Waals surface area contributed by atoms with Gasteiger partial charge in [0.25, 0.3) is 0 Å². The average molecular weight is 401 g/mol. The first-order chi connectivity index (χ1) is 13.5. The standard InChI is InChI=1S/C19H17F2N5OS/c1-13-11-28-19(24(13)10-15-4-2-3-7-22-15)25-12-23-26(18(25)27)9-14-5-6-16(20)17(21)8-14/h2-8,11-12,19H,9-10H2,1H3. The van der Waals surface area contributed by atoms with Gasteiger partial charge in [-0.25, -0.2) is 18.3 Å². The number of aromatic nitrogens is 4. The van der Waals surface area contributed by atoms with E-state index in [0.717, 1.165) is 23.5 Å². The molecule has 28 heavy (non-hydrogen) atoms. The van der Waals surface area contributed by atoms with Gasteiger partial charge in [0.2, 0.25) is 0 Å². The van der Waals surface area contributed by atoms with Crippen molar-refractivity contribution < 1.29 is 8.78 Å². The van der Waals surface area contributed by atoms with Gasteiger partial charge in [-0.2, -0.15) is 5.10 Å². The van der Waals surface area contributed by atoms with E-state index in [-0.39, 0.29) is 17.7 Å². The van der Waals surface area contributed by atoms with Crippen LogP contribution in [0.3, 0.4) is 0 Å². The summed E-state index contributed by atoms with van der Waals surface area (Å²) in [5.74, 6) is -1.87. The van der Waals surface area contributed by atoms with E-state index in [9.17, 15) is 13.6 Å². The Morgan fingerprint density at radius 2 is 2.00 bits per heavy atom. The van der Waals surface area contributed by atoms with Gasteiger partial charge in [-0.05, 0) is 42.2 Å². The van der Waals surface area contributed by atoms with Gasteiger partial charge >= 0.3 is 5.69 Å². The largest absolute Gasteiger partial charge is 0.348 e. The van der Waals surface area contributed by atoms with Crippen LogP contribution in [-0.2, 0) is 13.1 Å². The van der Waals surface area contributed by atoms with Gasteiger partial charge in [-0.3, -0.25) is 9.55 Å². The normalized spacial score (nSPS) is 16.5. The molecule has 1 unspecified atom stereocenters. The molecule has 0 bridgehead atoms. The Hall–Kier alpha value is -2.94. The smallest absolute Gasteiger partial charge is 0.339 e. The van der Waals surface area contributed by atoms with E-state index in [1.165, 1.54) is 33.4 Å². The van der Waals surface area contributed by atoms with Crippen molar-refractivity contribution in [3.63, 3.8) is 0 Å². The molecular formula is C19H17F2N5OS. The topological polar surface area (TPSA) is 56.0 Å². The molecule has 6 nitrogen and oxygen atoms in total. The van der Waals surface area contributed by atoms with Gasteiger partial charge in [-0.15, -0.1) is 0 Å². The highest BCUT2D eigenvalue weighted by molar-refractivity contribution is 8.02. The van der Waals surface area contributed by atoms with Crippen LogP contribution in [0, 0.1) is 11.6 Å². The van der Waals surface area contributed by atoms with Crippen molar-refractivity contribution in [2.24, 2.45) is 0 Å². The predicted octanol–water partition coefficient (Wildman–Crippen LogP) is 3.33. The number of hydrogen-bond acceptors (Lipinski definition) is 5. The predicted molar refractivity (Wildman–Crippen MR) is 102 cm³/mol. The first-order valence-corrected chi connectivity index (χ1v) is 9.54. The number of halogens is 2. The van der Waals surface area contributed by atoms with Crippen LogP contribution in [0.15, 0.2) is 64.8 Å². The molecule has 0 fully saturated rings. The number of rotatable bonds is 5. The van der Waals surface area contributed by atoms with Crippen LogP contribution in [0.5, 0.6) is 0 Å². The zero-order chi connectivity index (χ0) is 19.7. The van der Waals surface area contributed by atoms with Crippen molar-refractivity contribution in [1.29, 1.82) is 0 Å². The molecule has 0 amide bonds. The molecule has 4 rings (SSSR count). The molecule has 1 aliphatic heterocycles. The lowest BCUT2D eigenvalue weighted by atomic mass is 10.2. The third kappa shape index (κ3) is 3.57. The molecule has 0 saturated heterocycles. The van der Waals surface area contributed by atoms with Crippen LogP contribution in [0.1, 0.15) is 23.7 Å². The van der Waals surface area contributed by atoms with E-state index in [4.69, 9.17) is 0 Å². The van der Waals surface area contributed by atoms with E-state index in [2.05, 4.69) is 15.0 Å². The third-order valence-corrected chi connectivity index (χ3v) is 5.65. The van der Waals surface area contributed by atoms with Crippen LogP contribution in [0.4, 0.5) is 8.78 Å². The van der Waals surface area contributed by atoms with E-state index in [1.807, 2.05) is 30.5 Å². The zero-order valence-corrected chi connectivity index (χ0v) is 15.8. The molecule has 144 valence electrons. The van der Waals surface area contributed by atoms with Crippen LogP contribution in [-0.4, -0.2) is 24.2 Å². The summed E-state index contributed by atoms with van der Waals surface area (Å²) < 4.78 is 29.3. The van der Waals surface area contributed by atoms with Crippen LogP contribution < -0.4 is 5.69 Å². The second-order valence-corrected chi connectivity index (χ2v) is 7.33. The molecule has 3 aromatic rings. The number of benzene rings is 1. The van der Waals surface area contributed by atoms with Gasteiger partial charge in [0.1, 0.15) is 6.33 Å². The van der Waals surface area contributed by atoms with Gasteiger partial charge in [0.05, 0.1) is 18.8 Å². The lowest BCUT2D eigenvalue weighted by molar-refractivity contribution is 0.260. The fourth-order valence-corrected chi connectivity index (χ4v) is 4.10. The highest BCUT2D eigenvalue weighted by Gasteiger charge is 2.28. The number of nitrogens with zero attached hydrogens (tertiary/aromatic N) is 5. The molecule has 2 aromatic heterocycles. The highest BCUT2D eigenvalue weighted by atomic mass is 32.2. The number of pyridine rings is 1. The van der Waals surface area contributed by atoms with Crippen molar-refractivity contribution in [2.45, 2.75) is 25.5 Å². The molecule has 0 aliphatic carbocycles. The maximum atomic E-state index is 13.4. The SMILES string of the molecule is CC1=CSC(n2cnn(Cc3ccc(F)c(F)c3)c2=O)N1Cc1ccccn1. The zero-order valence-electron chi connectivity index (χ0n) is 15.0. The molecule has 1 aliphatic rings. The van der Waals surface area contributed by atoms with Crippen LogP contribution >= 0.6 is 11.8 Å². The molecule has 0 saturated carbocycles. The van der Waals surface area contributed by atoms with Crippen molar-refractivity contribution in [2.75, 3.05) is 0 Å². The van der Waals surface area contributed by atoms with Crippen LogP contribution in [0.2, 0.25) is 0 Å². The molecule has 1 atom stereocenters. The summed E-state index contributed by atoms with van der Waals surface area (Å²) in [5.41, 5.74) is 1.78. The number of allylic oxidation sites excluding steroid dienone is 1. The highest BCUT2D eigenvalue weighted by Crippen LogP contribution is 2.38. The molecule has 0 N–H and O–H groups in total. The summed E-state index contributed by atoms with van der Waals surface area (Å²) in [6.07, 6.45) is 3.20. The van der Waals surface area contributed by atoms with Gasteiger partial charge in [0, 0.05) is 11.9 Å². The van der Waals surface area contributed by atoms with Crippen molar-refractivity contribution >= 4 is 11.8 Å². The Balaban J connectivity index is 1.57. The quantitative estimate of drug-likeness (QED) is 0.656. The second kappa shape index (κ2) is 7.59. The van der Waals surface area contributed by atoms with E-state index >= 15 is 0 Å². The van der Waals surface area contributed by atoms with Gasteiger partial charge in [-0.1, -0.05) is 23.9 Å². The van der Waals surface area contributed by atoms with Crippen LogP contribution in [0.25, 0.3) is 0 Å². The van der Waals surface area contributed by atoms with E-state index in [0.29, 0.717) is 12.1 Å². The maximum Gasteiger partial charge on any atom is 0.348 e. The number of thioether (sulfide) groups is 1. The average Bonchev–Trinajstić information content (AvgIpc) is 3.22. The molecule has 3 heterocycles. The minimum Gasteiger partial charge on any atom is -0.339 e. The van der Waals surface area contributed by atoms with Gasteiger partial charge < -0.3 is 4.90 Å². The third-order valence-electron chi connectivity index (χ3n) is 4.45. The maximum absolute atomic E-state index is 13.4. The second-order valence-electron chi connectivity index (χ2n) is 6.40. The molecule has 1 aromatic carbocycles. The first kappa shape index (κ1) is 18.4. The molecular weight excluding hydrogens is 384 g/mol. The van der Waals surface area contributed by atoms with Gasteiger partial charge in [0.15, 0.2) is 17.1 Å². The Morgan fingerprint density at radius 1 is 1.14 bits per heavy atom. The van der Waals surface area contributed by atoms with Crippen molar-refractivity contribution in [3.05, 3.63) is 93.4 Å². The summed E-state index contributed by atoms with van der Waals surface area (Å²) in [6, 6.07) is 9.27. The Kier molecular flexibility index (Phi) is 4.99. The molecule has 9 heteroatoms. The van der Waals surface area contributed by atoms with Crippen molar-refractivity contribution in [1.82, 2.24) is 24.2 Å². The monoisotopic (exact) mass is 401 g/mol. The lowest BCUT2D eigenvalue weighted by Gasteiger charge is -2.27. The fourth-order valence-electron chi connectivity index (χ4n) is 2.98. The summed E-state index contributed by atoms with van der Waals surface area (Å²) >= 11 is 1.51. The number of hydrogen-bond donors (Lipinski definition) is 0. The minimum absolute atomic E-state index is 0.0626. The van der Waals surface area contributed by atoms with E-state index in [1.54, 1.807) is 6.20 Å². The first-order valence-electron chi connectivity index (χ1n) is 8.59. The summed E-state index contributed by atoms with van der Waals surface area (Å²) in [5, 5.41) is 6.14. The Bertz CT molecular complexity index is 1080. The minimum atomic E-state index is -0.947. The summed E-state index contributed by atoms with van der Waals surface area (Å²) in [4.78, 5) is 19.3. The Morgan fingerprint density at radius 3 is 2.75 bits per heavy atom. The summed E-state index contributed by atoms with van der Waals surface area (Å²) in [6.45, 7) is 2.60. The molecule has 0 radical (unpaired) electrons. The fraction of sp³-hybridized carbons (Fsp3) is 0.211. The van der Waals surface area contributed by atoms with E-state index < -0.39 is 11.6 Å². The Labute approximate surface area is 164 Å². The lowest BCUT2D eigenvalue weighted by Crippen LogP contribution is -2.33. The molecule has 0 spiro atoms. The summed E-state index contributed by atoms with van der Waals surface area (Å²) in [7, 11) is 0.